The number of H-pyrrole nitrogens is 1. The lowest BCUT2D eigenvalue weighted by atomic mass is 10.1. The molecule has 0 bridgehead atoms. The van der Waals surface area contributed by atoms with Crippen molar-refractivity contribution in [1.29, 1.82) is 0 Å². The Balaban J connectivity index is 1.79. The summed E-state index contributed by atoms with van der Waals surface area (Å²) in [6.07, 6.45) is -0.411. The summed E-state index contributed by atoms with van der Waals surface area (Å²) in [6.45, 7) is 0. The summed E-state index contributed by atoms with van der Waals surface area (Å²) < 4.78 is 0.510. The standard InChI is InChI=1S/C18H15ClN2O4S/c19-15-6-5-14(26-15)13(9-17(23)24)20-16(22)8-11-7-10-3-1-2-4-12(10)21-18(11)25/h1-7,13H,8-9H2,(H,20,22)(H,21,25)(H,23,24)/t13-/m0/s1. The second kappa shape index (κ2) is 7.72. The van der Waals surface area contributed by atoms with Crippen LogP contribution in [0.2, 0.25) is 4.34 Å². The summed E-state index contributed by atoms with van der Waals surface area (Å²) in [5, 5.41) is 12.6. The van der Waals surface area contributed by atoms with Gasteiger partial charge in [0.05, 0.1) is 23.2 Å². The molecule has 3 N–H and O–H groups in total. The molecule has 0 saturated heterocycles. The van der Waals surface area contributed by atoms with E-state index in [1.54, 1.807) is 24.3 Å². The van der Waals surface area contributed by atoms with Crippen molar-refractivity contribution in [2.75, 3.05) is 0 Å². The number of benzene rings is 1. The second-order valence-corrected chi connectivity index (χ2v) is 7.49. The molecule has 0 aliphatic rings. The zero-order valence-electron chi connectivity index (χ0n) is 13.5. The molecule has 1 atom stereocenters. The third kappa shape index (κ3) is 4.30. The zero-order chi connectivity index (χ0) is 18.7. The summed E-state index contributed by atoms with van der Waals surface area (Å²) in [5.74, 6) is -1.47. The van der Waals surface area contributed by atoms with Gasteiger partial charge in [0.2, 0.25) is 5.91 Å². The largest absolute Gasteiger partial charge is 0.481 e. The summed E-state index contributed by atoms with van der Waals surface area (Å²) in [4.78, 5) is 39.0. The molecular weight excluding hydrogens is 376 g/mol. The Kier molecular flexibility index (Phi) is 5.39. The number of carboxylic acids is 1. The Morgan fingerprint density at radius 1 is 1.23 bits per heavy atom. The summed E-state index contributed by atoms with van der Waals surface area (Å²) in [5.41, 5.74) is 0.672. The van der Waals surface area contributed by atoms with Crippen molar-refractivity contribution >= 4 is 45.7 Å². The van der Waals surface area contributed by atoms with Crippen molar-refractivity contribution in [2.45, 2.75) is 18.9 Å². The van der Waals surface area contributed by atoms with Gasteiger partial charge in [-0.3, -0.25) is 14.4 Å². The van der Waals surface area contributed by atoms with E-state index in [2.05, 4.69) is 10.3 Å². The van der Waals surface area contributed by atoms with E-state index in [1.165, 1.54) is 11.3 Å². The Morgan fingerprint density at radius 2 is 2.00 bits per heavy atom. The van der Waals surface area contributed by atoms with Crippen molar-refractivity contribution in [3.8, 4) is 0 Å². The SMILES string of the molecule is O=C(O)C[C@H](NC(=O)Cc1cc2ccccc2[nH]c1=O)c1ccc(Cl)s1. The average molecular weight is 391 g/mol. The van der Waals surface area contributed by atoms with Crippen LogP contribution < -0.4 is 10.9 Å². The number of carbonyl (C=O) groups excluding carboxylic acids is 1. The summed E-state index contributed by atoms with van der Waals surface area (Å²) in [6, 6.07) is 11.6. The lowest BCUT2D eigenvalue weighted by molar-refractivity contribution is -0.137. The number of thiophene rings is 1. The average Bonchev–Trinajstić information content (AvgIpc) is 3.01. The molecule has 0 radical (unpaired) electrons. The topological polar surface area (TPSA) is 99.3 Å². The third-order valence-electron chi connectivity index (χ3n) is 3.83. The maximum absolute atomic E-state index is 12.4. The number of nitrogens with one attached hydrogen (secondary N) is 2. The molecule has 3 rings (SSSR count). The fourth-order valence-corrected chi connectivity index (χ4v) is 3.77. The molecule has 1 aromatic carbocycles. The fourth-order valence-electron chi connectivity index (χ4n) is 2.66. The van der Waals surface area contributed by atoms with Crippen LogP contribution in [0.5, 0.6) is 0 Å². The van der Waals surface area contributed by atoms with Crippen LogP contribution in [0.4, 0.5) is 0 Å². The minimum absolute atomic E-state index is 0.143. The van der Waals surface area contributed by atoms with Crippen LogP contribution in [0.25, 0.3) is 10.9 Å². The number of amides is 1. The van der Waals surface area contributed by atoms with Gasteiger partial charge in [-0.15, -0.1) is 11.3 Å². The summed E-state index contributed by atoms with van der Waals surface area (Å²) in [7, 11) is 0. The fraction of sp³-hybridized carbons (Fsp3) is 0.167. The molecule has 0 spiro atoms. The highest BCUT2D eigenvalue weighted by Crippen LogP contribution is 2.28. The predicted octanol–water partition coefficient (Wildman–Crippen LogP) is 3.12. The first-order chi connectivity index (χ1) is 12.4. The van der Waals surface area contributed by atoms with Crippen molar-refractivity contribution in [2.24, 2.45) is 0 Å². The number of fused-ring (bicyclic) bond motifs is 1. The van der Waals surface area contributed by atoms with Crippen LogP contribution in [0.3, 0.4) is 0 Å². The number of carbonyl (C=O) groups is 2. The smallest absolute Gasteiger partial charge is 0.305 e. The van der Waals surface area contributed by atoms with Gasteiger partial charge in [0, 0.05) is 16.0 Å². The Hall–Kier alpha value is -2.64. The Bertz CT molecular complexity index is 1030. The maximum Gasteiger partial charge on any atom is 0.305 e. The molecule has 0 aliphatic heterocycles. The van der Waals surface area contributed by atoms with E-state index in [9.17, 15) is 14.4 Å². The van der Waals surface area contributed by atoms with Gasteiger partial charge < -0.3 is 15.4 Å². The lowest BCUT2D eigenvalue weighted by Crippen LogP contribution is -2.32. The monoisotopic (exact) mass is 390 g/mol. The number of halogens is 1. The van der Waals surface area contributed by atoms with Crippen LogP contribution >= 0.6 is 22.9 Å². The molecule has 8 heteroatoms. The van der Waals surface area contributed by atoms with Crippen LogP contribution in [-0.2, 0) is 16.0 Å². The molecule has 0 saturated carbocycles. The van der Waals surface area contributed by atoms with Gasteiger partial charge in [0.25, 0.3) is 5.56 Å². The van der Waals surface area contributed by atoms with Crippen molar-refractivity contribution < 1.29 is 14.7 Å². The lowest BCUT2D eigenvalue weighted by Gasteiger charge is -2.15. The van der Waals surface area contributed by atoms with E-state index < -0.39 is 17.9 Å². The van der Waals surface area contributed by atoms with E-state index in [0.29, 0.717) is 20.3 Å². The normalized spacial score (nSPS) is 12.0. The minimum atomic E-state index is -1.04. The van der Waals surface area contributed by atoms with Gasteiger partial charge in [-0.25, -0.2) is 0 Å². The van der Waals surface area contributed by atoms with E-state index in [1.807, 2.05) is 18.2 Å². The molecule has 26 heavy (non-hydrogen) atoms. The number of pyridine rings is 1. The van der Waals surface area contributed by atoms with Crippen molar-refractivity contribution in [3.63, 3.8) is 0 Å². The molecule has 2 heterocycles. The molecule has 1 amide bonds. The second-order valence-electron chi connectivity index (χ2n) is 5.75. The van der Waals surface area contributed by atoms with Gasteiger partial charge in [0.15, 0.2) is 0 Å². The van der Waals surface area contributed by atoms with Crippen molar-refractivity contribution in [3.05, 3.63) is 67.6 Å². The van der Waals surface area contributed by atoms with Gasteiger partial charge >= 0.3 is 5.97 Å². The predicted molar refractivity (Wildman–Crippen MR) is 101 cm³/mol. The van der Waals surface area contributed by atoms with Gasteiger partial charge in [-0.1, -0.05) is 29.8 Å². The first-order valence-corrected chi connectivity index (χ1v) is 8.99. The van der Waals surface area contributed by atoms with E-state index >= 15 is 0 Å². The van der Waals surface area contributed by atoms with E-state index in [-0.39, 0.29) is 18.4 Å². The number of aromatic amines is 1. The quantitative estimate of drug-likeness (QED) is 0.602. The number of para-hydroxylation sites is 1. The van der Waals surface area contributed by atoms with Crippen LogP contribution in [-0.4, -0.2) is 22.0 Å². The highest BCUT2D eigenvalue weighted by molar-refractivity contribution is 7.16. The van der Waals surface area contributed by atoms with E-state index in [0.717, 1.165) is 5.39 Å². The Morgan fingerprint density at radius 3 is 2.69 bits per heavy atom. The zero-order valence-corrected chi connectivity index (χ0v) is 15.1. The molecule has 0 fully saturated rings. The van der Waals surface area contributed by atoms with Crippen LogP contribution in [0.1, 0.15) is 22.9 Å². The highest BCUT2D eigenvalue weighted by Gasteiger charge is 2.20. The molecule has 0 unspecified atom stereocenters. The first-order valence-electron chi connectivity index (χ1n) is 7.79. The molecule has 2 aromatic heterocycles. The molecule has 134 valence electrons. The number of carboxylic acid groups (broad SMARTS) is 1. The number of aromatic nitrogens is 1. The van der Waals surface area contributed by atoms with Crippen LogP contribution in [0, 0.1) is 0 Å². The van der Waals surface area contributed by atoms with Gasteiger partial charge in [-0.05, 0) is 29.7 Å². The molecule has 3 aromatic rings. The van der Waals surface area contributed by atoms with Gasteiger partial charge in [0.1, 0.15) is 0 Å². The summed E-state index contributed by atoms with van der Waals surface area (Å²) >= 11 is 7.11. The number of hydrogen-bond donors (Lipinski definition) is 3. The molecule has 0 aliphatic carbocycles. The van der Waals surface area contributed by atoms with Gasteiger partial charge in [-0.2, -0.15) is 0 Å². The first kappa shape index (κ1) is 18.2. The van der Waals surface area contributed by atoms with Crippen LogP contribution in [0.15, 0.2) is 47.3 Å². The highest BCUT2D eigenvalue weighted by atomic mass is 35.5. The Labute approximate surface area is 157 Å². The van der Waals surface area contributed by atoms with E-state index in [4.69, 9.17) is 16.7 Å². The number of rotatable bonds is 6. The minimum Gasteiger partial charge on any atom is -0.481 e. The molecular formula is C18H15ClN2O4S. The maximum atomic E-state index is 12.4. The number of hydrogen-bond acceptors (Lipinski definition) is 4. The van der Waals surface area contributed by atoms with Crippen molar-refractivity contribution in [1.82, 2.24) is 10.3 Å². The third-order valence-corrected chi connectivity index (χ3v) is 5.18. The molecule has 6 nitrogen and oxygen atoms in total. The number of aliphatic carboxylic acids is 1.